The molecule has 154 valence electrons. The SMILES string of the molecule is CCc1cc(N2CCN(CC(=O)N3CCCCC3)CC2)nc(-c2ccccn2)n1. The van der Waals surface area contributed by atoms with Crippen LogP contribution in [0.3, 0.4) is 0 Å². The standard InChI is InChI=1S/C22H30N6O/c1-2-18-16-20(25-22(24-18)19-8-4-5-9-23-19)27-14-12-26(13-15-27)17-21(29)28-10-6-3-7-11-28/h4-5,8-9,16H,2-3,6-7,10-15,17H2,1H3. The summed E-state index contributed by atoms with van der Waals surface area (Å²) in [5, 5.41) is 0. The zero-order valence-electron chi connectivity index (χ0n) is 17.3. The van der Waals surface area contributed by atoms with Crippen molar-refractivity contribution in [1.82, 2.24) is 24.8 Å². The number of amides is 1. The smallest absolute Gasteiger partial charge is 0.236 e. The van der Waals surface area contributed by atoms with Crippen LogP contribution in [-0.2, 0) is 11.2 Å². The summed E-state index contributed by atoms with van der Waals surface area (Å²) in [4.78, 5) is 33.0. The predicted octanol–water partition coefficient (Wildman–Crippen LogP) is 2.24. The first-order valence-electron chi connectivity index (χ1n) is 10.8. The van der Waals surface area contributed by atoms with E-state index in [1.165, 1.54) is 6.42 Å². The van der Waals surface area contributed by atoms with Crippen LogP contribution >= 0.6 is 0 Å². The van der Waals surface area contributed by atoms with Gasteiger partial charge in [-0.05, 0) is 37.8 Å². The fourth-order valence-corrected chi connectivity index (χ4v) is 4.01. The summed E-state index contributed by atoms with van der Waals surface area (Å²) in [7, 11) is 0. The average Bonchev–Trinajstić information content (AvgIpc) is 2.80. The van der Waals surface area contributed by atoms with Crippen LogP contribution < -0.4 is 4.90 Å². The van der Waals surface area contributed by atoms with Gasteiger partial charge in [-0.2, -0.15) is 0 Å². The number of aromatic nitrogens is 3. The Morgan fingerprint density at radius 2 is 1.79 bits per heavy atom. The molecule has 2 aliphatic rings. The van der Waals surface area contributed by atoms with Crippen molar-refractivity contribution in [1.29, 1.82) is 0 Å². The monoisotopic (exact) mass is 394 g/mol. The Kier molecular flexibility index (Phi) is 6.34. The lowest BCUT2D eigenvalue weighted by Crippen LogP contribution is -2.51. The molecule has 7 heteroatoms. The molecule has 0 bridgehead atoms. The van der Waals surface area contributed by atoms with E-state index in [4.69, 9.17) is 4.98 Å². The number of hydrogen-bond acceptors (Lipinski definition) is 6. The zero-order valence-corrected chi connectivity index (χ0v) is 17.3. The van der Waals surface area contributed by atoms with Gasteiger partial charge in [0.2, 0.25) is 5.91 Å². The third kappa shape index (κ3) is 4.90. The summed E-state index contributed by atoms with van der Waals surface area (Å²) in [6.45, 7) is 8.00. The predicted molar refractivity (Wildman–Crippen MR) is 114 cm³/mol. The molecule has 0 atom stereocenters. The van der Waals surface area contributed by atoms with Crippen molar-refractivity contribution in [3.8, 4) is 11.5 Å². The first-order valence-corrected chi connectivity index (χ1v) is 10.8. The van der Waals surface area contributed by atoms with Gasteiger partial charge in [0.1, 0.15) is 11.5 Å². The molecule has 29 heavy (non-hydrogen) atoms. The molecule has 4 rings (SSSR count). The number of aryl methyl sites for hydroxylation is 1. The third-order valence-corrected chi connectivity index (χ3v) is 5.79. The van der Waals surface area contributed by atoms with Gasteiger partial charge in [-0.15, -0.1) is 0 Å². The molecule has 0 aromatic carbocycles. The lowest BCUT2D eigenvalue weighted by molar-refractivity contribution is -0.133. The molecule has 0 radical (unpaired) electrons. The largest absolute Gasteiger partial charge is 0.354 e. The molecular weight excluding hydrogens is 364 g/mol. The van der Waals surface area contributed by atoms with Gasteiger partial charge in [-0.25, -0.2) is 9.97 Å². The minimum atomic E-state index is 0.283. The van der Waals surface area contributed by atoms with Gasteiger partial charge in [0.25, 0.3) is 0 Å². The Hall–Kier alpha value is -2.54. The molecule has 0 unspecified atom stereocenters. The van der Waals surface area contributed by atoms with E-state index < -0.39 is 0 Å². The topological polar surface area (TPSA) is 65.5 Å². The van der Waals surface area contributed by atoms with E-state index in [0.29, 0.717) is 12.4 Å². The Morgan fingerprint density at radius 1 is 1.00 bits per heavy atom. The van der Waals surface area contributed by atoms with Crippen molar-refractivity contribution in [2.45, 2.75) is 32.6 Å². The van der Waals surface area contributed by atoms with E-state index in [0.717, 1.165) is 75.7 Å². The van der Waals surface area contributed by atoms with Crippen LogP contribution in [0.1, 0.15) is 31.9 Å². The number of piperidine rings is 1. The Labute approximate surface area is 172 Å². The maximum atomic E-state index is 12.5. The average molecular weight is 395 g/mol. The molecule has 7 nitrogen and oxygen atoms in total. The number of piperazine rings is 1. The lowest BCUT2D eigenvalue weighted by Gasteiger charge is -2.36. The molecule has 2 fully saturated rings. The number of likely N-dealkylation sites (tertiary alicyclic amines) is 1. The summed E-state index contributed by atoms with van der Waals surface area (Å²) >= 11 is 0. The van der Waals surface area contributed by atoms with Gasteiger partial charge >= 0.3 is 0 Å². The maximum Gasteiger partial charge on any atom is 0.236 e. The molecule has 0 aliphatic carbocycles. The lowest BCUT2D eigenvalue weighted by atomic mass is 10.1. The molecule has 0 spiro atoms. The summed E-state index contributed by atoms with van der Waals surface area (Å²) in [6, 6.07) is 7.89. The van der Waals surface area contributed by atoms with Crippen LogP contribution in [0.15, 0.2) is 30.5 Å². The Bertz CT molecular complexity index is 813. The number of hydrogen-bond donors (Lipinski definition) is 0. The van der Waals surface area contributed by atoms with E-state index >= 15 is 0 Å². The van der Waals surface area contributed by atoms with Crippen molar-refractivity contribution in [3.63, 3.8) is 0 Å². The van der Waals surface area contributed by atoms with Gasteiger partial charge in [0.05, 0.1) is 6.54 Å². The molecule has 0 saturated carbocycles. The van der Waals surface area contributed by atoms with E-state index in [9.17, 15) is 4.79 Å². The number of carbonyl (C=O) groups is 1. The van der Waals surface area contributed by atoms with Crippen molar-refractivity contribution in [2.75, 3.05) is 50.7 Å². The van der Waals surface area contributed by atoms with Crippen LogP contribution in [0, 0.1) is 0 Å². The van der Waals surface area contributed by atoms with Crippen LogP contribution in [0.4, 0.5) is 5.82 Å². The highest BCUT2D eigenvalue weighted by molar-refractivity contribution is 5.78. The number of nitrogens with zero attached hydrogens (tertiary/aromatic N) is 6. The zero-order chi connectivity index (χ0) is 20.1. The van der Waals surface area contributed by atoms with E-state index in [1.54, 1.807) is 6.20 Å². The van der Waals surface area contributed by atoms with Gasteiger partial charge in [-0.3, -0.25) is 14.7 Å². The van der Waals surface area contributed by atoms with E-state index in [2.05, 4.69) is 32.8 Å². The summed E-state index contributed by atoms with van der Waals surface area (Å²) in [5.41, 5.74) is 1.83. The first-order chi connectivity index (χ1) is 14.2. The first kappa shape index (κ1) is 19.8. The van der Waals surface area contributed by atoms with Crippen LogP contribution in [-0.4, -0.2) is 76.5 Å². The maximum absolute atomic E-state index is 12.5. The normalized spacial score (nSPS) is 18.1. The van der Waals surface area contributed by atoms with Crippen LogP contribution in [0.2, 0.25) is 0 Å². The second-order valence-electron chi connectivity index (χ2n) is 7.81. The molecule has 2 aromatic rings. The number of pyridine rings is 1. The van der Waals surface area contributed by atoms with Crippen molar-refractivity contribution in [3.05, 3.63) is 36.2 Å². The number of rotatable bonds is 5. The fourth-order valence-electron chi connectivity index (χ4n) is 4.01. The van der Waals surface area contributed by atoms with Gasteiger partial charge in [0.15, 0.2) is 5.82 Å². The second-order valence-corrected chi connectivity index (χ2v) is 7.81. The highest BCUT2D eigenvalue weighted by atomic mass is 16.2. The van der Waals surface area contributed by atoms with Crippen molar-refractivity contribution < 1.29 is 4.79 Å². The fraction of sp³-hybridized carbons (Fsp3) is 0.545. The van der Waals surface area contributed by atoms with Gasteiger partial charge in [0, 0.05) is 57.2 Å². The molecule has 4 heterocycles. The highest BCUT2D eigenvalue weighted by Gasteiger charge is 2.24. The molecule has 2 saturated heterocycles. The van der Waals surface area contributed by atoms with Crippen LogP contribution in [0.5, 0.6) is 0 Å². The molecule has 1 amide bonds. The van der Waals surface area contributed by atoms with Crippen molar-refractivity contribution >= 4 is 11.7 Å². The van der Waals surface area contributed by atoms with E-state index in [1.807, 2.05) is 23.1 Å². The van der Waals surface area contributed by atoms with Gasteiger partial charge in [-0.1, -0.05) is 13.0 Å². The number of anilines is 1. The molecule has 2 aromatic heterocycles. The quantitative estimate of drug-likeness (QED) is 0.775. The summed E-state index contributed by atoms with van der Waals surface area (Å²) < 4.78 is 0. The Balaban J connectivity index is 1.39. The highest BCUT2D eigenvalue weighted by Crippen LogP contribution is 2.20. The Morgan fingerprint density at radius 3 is 2.48 bits per heavy atom. The molecular formula is C22H30N6O. The molecule has 0 N–H and O–H groups in total. The van der Waals surface area contributed by atoms with Crippen LogP contribution in [0.25, 0.3) is 11.5 Å². The summed E-state index contributed by atoms with van der Waals surface area (Å²) in [6.07, 6.45) is 6.17. The minimum Gasteiger partial charge on any atom is -0.354 e. The minimum absolute atomic E-state index is 0.283. The second kappa shape index (κ2) is 9.31. The third-order valence-electron chi connectivity index (χ3n) is 5.79. The van der Waals surface area contributed by atoms with Gasteiger partial charge < -0.3 is 9.80 Å². The van der Waals surface area contributed by atoms with E-state index in [-0.39, 0.29) is 5.91 Å². The number of carbonyl (C=O) groups excluding carboxylic acids is 1. The molecule has 2 aliphatic heterocycles. The van der Waals surface area contributed by atoms with Crippen molar-refractivity contribution in [2.24, 2.45) is 0 Å². The summed E-state index contributed by atoms with van der Waals surface area (Å²) in [5.74, 6) is 1.92.